The van der Waals surface area contributed by atoms with E-state index in [0.717, 1.165) is 30.8 Å². The van der Waals surface area contributed by atoms with Gasteiger partial charge in [-0.2, -0.15) is 0 Å². The third-order valence-electron chi connectivity index (χ3n) is 4.57. The highest BCUT2D eigenvalue weighted by atomic mass is 16.5. The monoisotopic (exact) mass is 273 g/mol. The van der Waals surface area contributed by atoms with Crippen molar-refractivity contribution in [2.75, 3.05) is 18.1 Å². The molecule has 0 radical (unpaired) electrons. The summed E-state index contributed by atoms with van der Waals surface area (Å²) in [5.74, 6) is 0.236. The number of anilines is 1. The Morgan fingerprint density at radius 1 is 1.30 bits per heavy atom. The lowest BCUT2D eigenvalue weighted by Crippen LogP contribution is -2.53. The molecule has 3 nitrogen and oxygen atoms in total. The van der Waals surface area contributed by atoms with Gasteiger partial charge in [0.2, 0.25) is 0 Å². The van der Waals surface area contributed by atoms with Crippen molar-refractivity contribution in [2.45, 2.75) is 51.2 Å². The maximum Gasteiger partial charge on any atom is 0.164 e. The zero-order chi connectivity index (χ0) is 13.9. The Balaban J connectivity index is 1.93. The zero-order valence-corrected chi connectivity index (χ0v) is 12.2. The molecule has 1 heterocycles. The lowest BCUT2D eigenvalue weighted by molar-refractivity contribution is -0.00873. The summed E-state index contributed by atoms with van der Waals surface area (Å²) in [5.41, 5.74) is 1.99. The van der Waals surface area contributed by atoms with Crippen LogP contribution in [0.2, 0.25) is 0 Å². The van der Waals surface area contributed by atoms with E-state index in [-0.39, 0.29) is 5.78 Å². The van der Waals surface area contributed by atoms with Crippen LogP contribution in [0.25, 0.3) is 0 Å². The molecule has 2 fully saturated rings. The summed E-state index contributed by atoms with van der Waals surface area (Å²) < 4.78 is 5.93. The molecule has 1 aliphatic carbocycles. The number of carbonyl (C=O) groups excluding carboxylic acids is 1. The number of ether oxygens (including phenoxy) is 1. The van der Waals surface area contributed by atoms with E-state index < -0.39 is 0 Å². The van der Waals surface area contributed by atoms with Crippen molar-refractivity contribution in [2.24, 2.45) is 0 Å². The van der Waals surface area contributed by atoms with Gasteiger partial charge in [-0.05, 0) is 25.0 Å². The van der Waals surface area contributed by atoms with Crippen LogP contribution in [0, 0.1) is 0 Å². The van der Waals surface area contributed by atoms with Gasteiger partial charge >= 0.3 is 0 Å². The molecule has 0 aromatic heterocycles. The topological polar surface area (TPSA) is 29.5 Å². The van der Waals surface area contributed by atoms with E-state index in [9.17, 15) is 4.79 Å². The first-order chi connectivity index (χ1) is 9.81. The van der Waals surface area contributed by atoms with Gasteiger partial charge in [-0.15, -0.1) is 0 Å². The third kappa shape index (κ3) is 2.47. The number of benzene rings is 1. The van der Waals surface area contributed by atoms with Crippen LogP contribution in [0.3, 0.4) is 0 Å². The molecule has 20 heavy (non-hydrogen) atoms. The highest BCUT2D eigenvalue weighted by Gasteiger charge is 2.35. The minimum absolute atomic E-state index is 0.236. The SMILES string of the molecule is CCC(=O)c1ccccc1N1CCOC2CCCCC21. The van der Waals surface area contributed by atoms with E-state index in [1.54, 1.807) is 0 Å². The van der Waals surface area contributed by atoms with Gasteiger partial charge in [0.15, 0.2) is 5.78 Å². The van der Waals surface area contributed by atoms with Crippen molar-refractivity contribution in [3.8, 4) is 0 Å². The van der Waals surface area contributed by atoms with Crippen LogP contribution >= 0.6 is 0 Å². The summed E-state index contributed by atoms with van der Waals surface area (Å²) in [7, 11) is 0. The minimum atomic E-state index is 0.236. The molecule has 1 saturated heterocycles. The number of carbonyl (C=O) groups is 1. The summed E-state index contributed by atoms with van der Waals surface area (Å²) in [6, 6.07) is 8.51. The average molecular weight is 273 g/mol. The number of Topliss-reactive ketones (excluding diaryl/α,β-unsaturated/α-hetero) is 1. The number of nitrogens with zero attached hydrogens (tertiary/aromatic N) is 1. The van der Waals surface area contributed by atoms with Crippen molar-refractivity contribution < 1.29 is 9.53 Å². The number of morpholine rings is 1. The molecule has 1 aliphatic heterocycles. The van der Waals surface area contributed by atoms with E-state index in [1.165, 1.54) is 19.3 Å². The Bertz CT molecular complexity index is 484. The fraction of sp³-hybridized carbons (Fsp3) is 0.588. The number of ketones is 1. The maximum atomic E-state index is 12.2. The predicted octanol–water partition coefficient (Wildman–Crippen LogP) is 3.43. The van der Waals surface area contributed by atoms with Crippen molar-refractivity contribution >= 4 is 11.5 Å². The molecule has 3 heteroatoms. The van der Waals surface area contributed by atoms with Crippen LogP contribution < -0.4 is 4.90 Å². The summed E-state index contributed by atoms with van der Waals surface area (Å²) in [5, 5.41) is 0. The van der Waals surface area contributed by atoms with Gasteiger partial charge in [0, 0.05) is 24.2 Å². The van der Waals surface area contributed by atoms with Gasteiger partial charge in [-0.25, -0.2) is 0 Å². The van der Waals surface area contributed by atoms with Crippen LogP contribution in [0.4, 0.5) is 5.69 Å². The van der Waals surface area contributed by atoms with Gasteiger partial charge < -0.3 is 9.64 Å². The molecule has 2 unspecified atom stereocenters. The molecular formula is C17H23NO2. The lowest BCUT2D eigenvalue weighted by atomic mass is 9.89. The highest BCUT2D eigenvalue weighted by Crippen LogP contribution is 2.33. The molecule has 0 amide bonds. The first-order valence-electron chi connectivity index (χ1n) is 7.81. The predicted molar refractivity (Wildman–Crippen MR) is 80.4 cm³/mol. The second-order valence-corrected chi connectivity index (χ2v) is 5.75. The van der Waals surface area contributed by atoms with E-state index in [4.69, 9.17) is 4.74 Å². The van der Waals surface area contributed by atoms with Gasteiger partial charge in [0.1, 0.15) is 0 Å². The first kappa shape index (κ1) is 13.6. The van der Waals surface area contributed by atoms with Crippen LogP contribution in [0.15, 0.2) is 24.3 Å². The standard InChI is InChI=1S/C17H23NO2/c1-2-16(19)13-7-3-4-8-14(13)18-11-12-20-17-10-6-5-9-15(17)18/h3-4,7-8,15,17H,2,5-6,9-12H2,1H3. The van der Waals surface area contributed by atoms with Crippen molar-refractivity contribution in [3.05, 3.63) is 29.8 Å². The van der Waals surface area contributed by atoms with E-state index in [1.807, 2.05) is 25.1 Å². The molecule has 0 N–H and O–H groups in total. The molecular weight excluding hydrogens is 250 g/mol. The Hall–Kier alpha value is -1.35. The second-order valence-electron chi connectivity index (χ2n) is 5.75. The van der Waals surface area contributed by atoms with Crippen molar-refractivity contribution in [1.29, 1.82) is 0 Å². The molecule has 3 rings (SSSR count). The van der Waals surface area contributed by atoms with Crippen LogP contribution in [-0.2, 0) is 4.74 Å². The van der Waals surface area contributed by atoms with E-state index in [2.05, 4.69) is 11.0 Å². The molecule has 2 atom stereocenters. The quantitative estimate of drug-likeness (QED) is 0.790. The fourth-order valence-electron chi connectivity index (χ4n) is 3.55. The van der Waals surface area contributed by atoms with Gasteiger partial charge in [0.05, 0.1) is 18.8 Å². The Kier molecular flexibility index (Phi) is 4.06. The largest absolute Gasteiger partial charge is 0.374 e. The van der Waals surface area contributed by atoms with Crippen molar-refractivity contribution in [3.63, 3.8) is 0 Å². The highest BCUT2D eigenvalue weighted by molar-refractivity contribution is 6.01. The lowest BCUT2D eigenvalue weighted by Gasteiger charge is -2.45. The second kappa shape index (κ2) is 5.96. The number of rotatable bonds is 3. The number of fused-ring (bicyclic) bond motifs is 1. The van der Waals surface area contributed by atoms with E-state index in [0.29, 0.717) is 18.6 Å². The van der Waals surface area contributed by atoms with Gasteiger partial charge in [-0.1, -0.05) is 31.9 Å². The van der Waals surface area contributed by atoms with Gasteiger partial charge in [-0.3, -0.25) is 4.79 Å². The average Bonchev–Trinajstić information content (AvgIpc) is 2.53. The summed E-state index contributed by atoms with van der Waals surface area (Å²) in [4.78, 5) is 14.6. The molecule has 0 spiro atoms. The Labute approximate surface area is 120 Å². The molecule has 0 bridgehead atoms. The van der Waals surface area contributed by atoms with Crippen LogP contribution in [-0.4, -0.2) is 31.1 Å². The number of hydrogen-bond donors (Lipinski definition) is 0. The van der Waals surface area contributed by atoms with E-state index >= 15 is 0 Å². The molecule has 2 aliphatic rings. The number of para-hydroxylation sites is 1. The summed E-state index contributed by atoms with van der Waals surface area (Å²) in [6.45, 7) is 3.60. The van der Waals surface area contributed by atoms with Crippen LogP contribution in [0.1, 0.15) is 49.4 Å². The summed E-state index contributed by atoms with van der Waals surface area (Å²) >= 11 is 0. The molecule has 1 aromatic carbocycles. The smallest absolute Gasteiger partial charge is 0.164 e. The molecule has 1 aromatic rings. The first-order valence-corrected chi connectivity index (χ1v) is 7.81. The van der Waals surface area contributed by atoms with Gasteiger partial charge in [0.25, 0.3) is 0 Å². The normalized spacial score (nSPS) is 26.1. The van der Waals surface area contributed by atoms with Crippen molar-refractivity contribution in [1.82, 2.24) is 0 Å². The minimum Gasteiger partial charge on any atom is -0.374 e. The Morgan fingerprint density at radius 3 is 2.95 bits per heavy atom. The molecule has 108 valence electrons. The summed E-state index contributed by atoms with van der Waals surface area (Å²) in [6.07, 6.45) is 5.79. The fourth-order valence-corrected chi connectivity index (χ4v) is 3.55. The third-order valence-corrected chi connectivity index (χ3v) is 4.57. The Morgan fingerprint density at radius 2 is 2.10 bits per heavy atom. The maximum absolute atomic E-state index is 12.2. The molecule has 1 saturated carbocycles. The van der Waals surface area contributed by atoms with Crippen LogP contribution in [0.5, 0.6) is 0 Å². The number of hydrogen-bond acceptors (Lipinski definition) is 3. The zero-order valence-electron chi connectivity index (χ0n) is 12.2.